The maximum Gasteiger partial charge on any atom is 0.238 e. The van der Waals surface area contributed by atoms with E-state index >= 15 is 0 Å². The first-order valence-electron chi connectivity index (χ1n) is 4.73. The maximum atomic E-state index is 4.11. The second kappa shape index (κ2) is 3.61. The molecule has 16 heavy (non-hydrogen) atoms. The summed E-state index contributed by atoms with van der Waals surface area (Å²) in [7, 11) is 0. The zero-order chi connectivity index (χ0) is 10.8. The van der Waals surface area contributed by atoms with Crippen molar-refractivity contribution in [2.24, 2.45) is 4.99 Å². The third-order valence-corrected chi connectivity index (χ3v) is 2.09. The highest BCUT2D eigenvalue weighted by Crippen LogP contribution is 2.07. The Morgan fingerprint density at radius 1 is 1.06 bits per heavy atom. The van der Waals surface area contributed by atoms with Crippen molar-refractivity contribution < 1.29 is 0 Å². The van der Waals surface area contributed by atoms with Gasteiger partial charge < -0.3 is 4.98 Å². The van der Waals surface area contributed by atoms with Crippen LogP contribution < -0.4 is 0 Å². The molecule has 0 bridgehead atoms. The van der Waals surface area contributed by atoms with E-state index in [4.69, 9.17) is 0 Å². The second-order valence-corrected chi connectivity index (χ2v) is 3.15. The fraction of sp³-hybridized carbons (Fsp3) is 0.111. The van der Waals surface area contributed by atoms with Crippen LogP contribution in [-0.4, -0.2) is 36.1 Å². The Bertz CT molecular complexity index is 538. The van der Waals surface area contributed by atoms with Gasteiger partial charge in [-0.15, -0.1) is 20.4 Å². The van der Waals surface area contributed by atoms with Crippen LogP contribution in [0.4, 0.5) is 0 Å². The van der Waals surface area contributed by atoms with Gasteiger partial charge in [0, 0.05) is 25.0 Å². The van der Waals surface area contributed by atoms with E-state index in [2.05, 4.69) is 35.4 Å². The molecule has 2 aromatic heterocycles. The summed E-state index contributed by atoms with van der Waals surface area (Å²) >= 11 is 0. The summed E-state index contributed by atoms with van der Waals surface area (Å²) in [6.07, 6.45) is 7.69. The largest absolute Gasteiger partial charge is 0.342 e. The Kier molecular flexibility index (Phi) is 1.99. The summed E-state index contributed by atoms with van der Waals surface area (Å²) in [6, 6.07) is 0. The molecular formula is C9H7N7. The smallest absolute Gasteiger partial charge is 0.238 e. The minimum atomic E-state index is 0.375. The normalized spacial score (nSPS) is 14.1. The van der Waals surface area contributed by atoms with Crippen LogP contribution >= 0.6 is 0 Å². The minimum Gasteiger partial charge on any atom is -0.342 e. The number of aliphatic imine (C=N–C) groups is 1. The lowest BCUT2D eigenvalue weighted by atomic mass is 10.3. The van der Waals surface area contributed by atoms with E-state index in [9.17, 15) is 0 Å². The quantitative estimate of drug-likeness (QED) is 0.777. The Morgan fingerprint density at radius 2 is 1.88 bits per heavy atom. The van der Waals surface area contributed by atoms with E-state index in [1.165, 1.54) is 0 Å². The minimum absolute atomic E-state index is 0.375. The second-order valence-electron chi connectivity index (χ2n) is 3.15. The van der Waals surface area contributed by atoms with Crippen molar-refractivity contribution in [1.29, 1.82) is 0 Å². The van der Waals surface area contributed by atoms with E-state index in [0.717, 1.165) is 12.1 Å². The summed E-state index contributed by atoms with van der Waals surface area (Å²) in [5.74, 6) is 1.39. The molecule has 0 saturated heterocycles. The summed E-state index contributed by atoms with van der Waals surface area (Å²) in [5, 5.41) is 15.8. The molecule has 0 radical (unpaired) electrons. The first-order chi connectivity index (χ1) is 7.93. The van der Waals surface area contributed by atoms with Crippen LogP contribution in [0.25, 0.3) is 11.6 Å². The van der Waals surface area contributed by atoms with Gasteiger partial charge in [0.2, 0.25) is 11.6 Å². The van der Waals surface area contributed by atoms with Gasteiger partial charge in [-0.25, -0.2) is 4.98 Å². The number of nitrogens with zero attached hydrogens (tertiary/aromatic N) is 6. The predicted octanol–water partition coefficient (Wildman–Crippen LogP) is 0.363. The summed E-state index contributed by atoms with van der Waals surface area (Å²) in [4.78, 5) is 11.0. The van der Waals surface area contributed by atoms with Crippen molar-refractivity contribution in [2.45, 2.75) is 6.42 Å². The molecule has 0 amide bonds. The van der Waals surface area contributed by atoms with Crippen molar-refractivity contribution in [1.82, 2.24) is 30.4 Å². The predicted molar refractivity (Wildman–Crippen MR) is 55.5 cm³/mol. The Morgan fingerprint density at radius 3 is 2.50 bits per heavy atom. The first-order valence-corrected chi connectivity index (χ1v) is 4.73. The fourth-order valence-electron chi connectivity index (χ4n) is 1.34. The first kappa shape index (κ1) is 8.84. The third-order valence-electron chi connectivity index (χ3n) is 2.09. The van der Waals surface area contributed by atoms with Crippen LogP contribution in [0.5, 0.6) is 0 Å². The van der Waals surface area contributed by atoms with Crippen molar-refractivity contribution >= 4 is 5.71 Å². The summed E-state index contributed by atoms with van der Waals surface area (Å²) in [5.41, 5.74) is 0.783. The number of H-pyrrole nitrogens is 1. The number of imidazole rings is 1. The molecular weight excluding hydrogens is 206 g/mol. The standard InChI is InChI=1S/C9H7N7/c1-2-6(10-3-1)7-13-15-9(16-14-7)8-11-4-5-12-8/h1,3-5H,2H2,(H,11,12). The molecule has 0 spiro atoms. The van der Waals surface area contributed by atoms with Gasteiger partial charge in [-0.1, -0.05) is 6.08 Å². The molecule has 0 fully saturated rings. The zero-order valence-corrected chi connectivity index (χ0v) is 8.20. The molecule has 78 valence electrons. The van der Waals surface area contributed by atoms with Crippen LogP contribution in [0.15, 0.2) is 29.7 Å². The molecule has 7 nitrogen and oxygen atoms in total. The lowest BCUT2D eigenvalue weighted by Gasteiger charge is -1.96. The van der Waals surface area contributed by atoms with Gasteiger partial charge >= 0.3 is 0 Å². The molecule has 0 saturated carbocycles. The molecule has 0 aromatic carbocycles. The number of aromatic amines is 1. The van der Waals surface area contributed by atoms with Gasteiger partial charge in [-0.2, -0.15) is 0 Å². The molecule has 3 rings (SSSR count). The molecule has 0 atom stereocenters. The van der Waals surface area contributed by atoms with Crippen molar-refractivity contribution in [2.75, 3.05) is 0 Å². The molecule has 1 aliphatic heterocycles. The lowest BCUT2D eigenvalue weighted by Crippen LogP contribution is -2.09. The van der Waals surface area contributed by atoms with E-state index in [-0.39, 0.29) is 0 Å². The Hall–Kier alpha value is -2.44. The van der Waals surface area contributed by atoms with Crippen LogP contribution in [-0.2, 0) is 0 Å². The number of nitrogens with one attached hydrogen (secondary N) is 1. The van der Waals surface area contributed by atoms with E-state index in [1.807, 2.05) is 6.08 Å². The molecule has 0 aliphatic carbocycles. The average Bonchev–Trinajstić information content (AvgIpc) is 3.03. The van der Waals surface area contributed by atoms with Crippen molar-refractivity contribution in [3.8, 4) is 11.6 Å². The summed E-state index contributed by atoms with van der Waals surface area (Å²) in [6.45, 7) is 0. The van der Waals surface area contributed by atoms with Crippen LogP contribution in [0.3, 0.4) is 0 Å². The van der Waals surface area contributed by atoms with E-state index in [1.54, 1.807) is 18.6 Å². The SMILES string of the molecule is C1=CN=C(c2nnc(-c3ncc[nH]3)nn2)C1. The van der Waals surface area contributed by atoms with Gasteiger partial charge in [-0.05, 0) is 0 Å². The van der Waals surface area contributed by atoms with E-state index in [0.29, 0.717) is 17.5 Å². The van der Waals surface area contributed by atoms with Gasteiger partial charge in [0.1, 0.15) is 0 Å². The number of hydrogen-bond donors (Lipinski definition) is 1. The molecule has 1 N–H and O–H groups in total. The molecule has 3 heterocycles. The van der Waals surface area contributed by atoms with Crippen molar-refractivity contribution in [3.05, 3.63) is 30.5 Å². The van der Waals surface area contributed by atoms with Crippen LogP contribution in [0.2, 0.25) is 0 Å². The van der Waals surface area contributed by atoms with Crippen LogP contribution in [0, 0.1) is 0 Å². The monoisotopic (exact) mass is 213 g/mol. The molecule has 0 unspecified atom stereocenters. The highest BCUT2D eigenvalue weighted by Gasteiger charge is 2.11. The molecule has 1 aliphatic rings. The summed E-state index contributed by atoms with van der Waals surface area (Å²) < 4.78 is 0. The Labute approximate surface area is 90.4 Å². The van der Waals surface area contributed by atoms with Gasteiger partial charge in [-0.3, -0.25) is 4.99 Å². The molecule has 7 heteroatoms. The maximum absolute atomic E-state index is 4.11. The van der Waals surface area contributed by atoms with Gasteiger partial charge in [0.25, 0.3) is 0 Å². The Balaban J connectivity index is 1.91. The zero-order valence-electron chi connectivity index (χ0n) is 8.20. The van der Waals surface area contributed by atoms with E-state index < -0.39 is 0 Å². The van der Waals surface area contributed by atoms with Crippen LogP contribution in [0.1, 0.15) is 12.2 Å². The topological polar surface area (TPSA) is 92.6 Å². The number of rotatable bonds is 2. The number of allylic oxidation sites excluding steroid dienone is 1. The average molecular weight is 213 g/mol. The third kappa shape index (κ3) is 1.48. The number of hydrogen-bond acceptors (Lipinski definition) is 6. The highest BCUT2D eigenvalue weighted by atomic mass is 15.3. The van der Waals surface area contributed by atoms with Crippen molar-refractivity contribution in [3.63, 3.8) is 0 Å². The van der Waals surface area contributed by atoms with Gasteiger partial charge in [0.05, 0.1) is 5.71 Å². The number of aromatic nitrogens is 6. The fourth-order valence-corrected chi connectivity index (χ4v) is 1.34. The lowest BCUT2D eigenvalue weighted by molar-refractivity contribution is 0.840. The highest BCUT2D eigenvalue weighted by molar-refractivity contribution is 5.99. The molecule has 2 aromatic rings. The van der Waals surface area contributed by atoms with Gasteiger partial charge in [0.15, 0.2) is 5.82 Å².